The van der Waals surface area contributed by atoms with E-state index >= 15 is 0 Å². The number of imidazole rings is 1. The number of nitrogens with one attached hydrogen (secondary N) is 2. The third kappa shape index (κ3) is 7.26. The highest BCUT2D eigenvalue weighted by molar-refractivity contribution is 5.94. The summed E-state index contributed by atoms with van der Waals surface area (Å²) in [6, 6.07) is 15.2. The average molecular weight is 547 g/mol. The summed E-state index contributed by atoms with van der Waals surface area (Å²) in [5, 5.41) is 2.90. The molecule has 1 aliphatic rings. The van der Waals surface area contributed by atoms with E-state index in [1.165, 1.54) is 6.33 Å². The molecule has 3 aromatic rings. The Kier molecular flexibility index (Phi) is 9.91. The number of carbonyl (C=O) groups is 3. The molecule has 1 fully saturated rings. The number of likely N-dealkylation sites (tertiary alicyclic amines) is 1. The van der Waals surface area contributed by atoms with E-state index < -0.39 is 18.0 Å². The van der Waals surface area contributed by atoms with Gasteiger partial charge in [-0.15, -0.1) is 0 Å². The van der Waals surface area contributed by atoms with E-state index in [0.29, 0.717) is 38.1 Å². The fourth-order valence-electron chi connectivity index (χ4n) is 5.06. The van der Waals surface area contributed by atoms with Gasteiger partial charge in [-0.1, -0.05) is 37.3 Å². The molecule has 1 aromatic heterocycles. The maximum Gasteiger partial charge on any atom is 0.245 e. The molecule has 10 heteroatoms. The minimum Gasteiger partial charge on any atom is -0.497 e. The van der Waals surface area contributed by atoms with Gasteiger partial charge in [0.1, 0.15) is 11.8 Å². The van der Waals surface area contributed by atoms with Crippen LogP contribution in [-0.4, -0.2) is 70.9 Å². The molecule has 4 rings (SSSR count). The van der Waals surface area contributed by atoms with Gasteiger partial charge in [0.2, 0.25) is 17.7 Å². The van der Waals surface area contributed by atoms with Gasteiger partial charge >= 0.3 is 0 Å². The number of aromatic amines is 1. The molecular weight excluding hydrogens is 508 g/mol. The topological polar surface area (TPSA) is 134 Å². The second-order valence-corrected chi connectivity index (χ2v) is 10.1. The molecule has 2 aromatic carbocycles. The largest absolute Gasteiger partial charge is 0.497 e. The highest BCUT2D eigenvalue weighted by Gasteiger charge is 2.36. The Morgan fingerprint density at radius 1 is 1.15 bits per heavy atom. The van der Waals surface area contributed by atoms with Crippen molar-refractivity contribution in [2.45, 2.75) is 57.2 Å². The first kappa shape index (κ1) is 28.8. The summed E-state index contributed by atoms with van der Waals surface area (Å²) in [7, 11) is 1.59. The minimum atomic E-state index is -0.849. The molecule has 212 valence electrons. The Hall–Kier alpha value is -4.18. The Morgan fingerprint density at radius 3 is 2.55 bits per heavy atom. The Labute approximate surface area is 234 Å². The summed E-state index contributed by atoms with van der Waals surface area (Å²) in [6.07, 6.45) is 5.55. The van der Waals surface area contributed by atoms with Crippen molar-refractivity contribution >= 4 is 23.4 Å². The number of hydrogen-bond acceptors (Lipinski definition) is 6. The molecule has 3 atom stereocenters. The Balaban J connectivity index is 1.50. The molecule has 40 heavy (non-hydrogen) atoms. The quantitative estimate of drug-likeness (QED) is 0.320. The van der Waals surface area contributed by atoms with Gasteiger partial charge in [-0.25, -0.2) is 4.98 Å². The van der Waals surface area contributed by atoms with Gasteiger partial charge in [0.05, 0.1) is 25.5 Å². The van der Waals surface area contributed by atoms with Gasteiger partial charge in [0, 0.05) is 49.9 Å². The number of aromatic nitrogens is 2. The molecule has 1 aliphatic heterocycles. The number of carbonyl (C=O) groups excluding carboxylic acids is 3. The number of H-pyrrole nitrogens is 1. The molecule has 2 heterocycles. The maximum atomic E-state index is 13.9. The fraction of sp³-hybridized carbons (Fsp3) is 0.400. The average Bonchev–Trinajstić information content (AvgIpc) is 3.66. The number of benzene rings is 2. The van der Waals surface area contributed by atoms with Crippen LogP contribution in [0.25, 0.3) is 0 Å². The van der Waals surface area contributed by atoms with Gasteiger partial charge in [0.15, 0.2) is 0 Å². The van der Waals surface area contributed by atoms with E-state index in [1.807, 2.05) is 66.4 Å². The minimum absolute atomic E-state index is 0.0425. The fourth-order valence-corrected chi connectivity index (χ4v) is 5.06. The van der Waals surface area contributed by atoms with Crippen molar-refractivity contribution in [1.82, 2.24) is 20.2 Å². The Morgan fingerprint density at radius 2 is 1.90 bits per heavy atom. The molecule has 0 aliphatic carbocycles. The lowest BCUT2D eigenvalue weighted by molar-refractivity contribution is -0.136. The number of nitrogens with two attached hydrogens (primary N) is 1. The van der Waals surface area contributed by atoms with Crippen molar-refractivity contribution < 1.29 is 19.1 Å². The highest BCUT2D eigenvalue weighted by Crippen LogP contribution is 2.25. The van der Waals surface area contributed by atoms with Gasteiger partial charge in [0.25, 0.3) is 0 Å². The monoisotopic (exact) mass is 546 g/mol. The van der Waals surface area contributed by atoms with Crippen molar-refractivity contribution in [2.75, 3.05) is 25.1 Å². The number of nitrogens with zero attached hydrogens (tertiary/aromatic N) is 3. The van der Waals surface area contributed by atoms with Crippen molar-refractivity contribution in [3.63, 3.8) is 0 Å². The van der Waals surface area contributed by atoms with Crippen LogP contribution in [0.1, 0.15) is 37.4 Å². The van der Waals surface area contributed by atoms with Crippen LogP contribution in [0, 0.1) is 0 Å². The van der Waals surface area contributed by atoms with Crippen LogP contribution in [0.5, 0.6) is 5.75 Å². The lowest BCUT2D eigenvalue weighted by Crippen LogP contribution is -2.54. The summed E-state index contributed by atoms with van der Waals surface area (Å²) in [5.74, 6) is 0.135. The molecular formula is C30H38N6O4. The summed E-state index contributed by atoms with van der Waals surface area (Å²) >= 11 is 0. The zero-order chi connectivity index (χ0) is 28.5. The van der Waals surface area contributed by atoms with Gasteiger partial charge < -0.3 is 30.6 Å². The van der Waals surface area contributed by atoms with Crippen LogP contribution < -0.4 is 20.7 Å². The van der Waals surface area contributed by atoms with Crippen LogP contribution in [0.4, 0.5) is 5.69 Å². The second-order valence-electron chi connectivity index (χ2n) is 10.1. The predicted octanol–water partition coefficient (Wildman–Crippen LogP) is 2.45. The third-order valence-corrected chi connectivity index (χ3v) is 7.15. The first-order valence-corrected chi connectivity index (χ1v) is 13.7. The zero-order valence-corrected chi connectivity index (χ0v) is 23.1. The highest BCUT2D eigenvalue weighted by atomic mass is 16.5. The molecule has 3 amide bonds. The lowest BCUT2D eigenvalue weighted by atomic mass is 10.0. The van der Waals surface area contributed by atoms with Crippen LogP contribution in [0.2, 0.25) is 0 Å². The van der Waals surface area contributed by atoms with E-state index in [-0.39, 0.29) is 24.3 Å². The van der Waals surface area contributed by atoms with Crippen molar-refractivity contribution in [1.29, 1.82) is 0 Å². The smallest absolute Gasteiger partial charge is 0.245 e. The van der Waals surface area contributed by atoms with Gasteiger partial charge in [-0.05, 0) is 42.7 Å². The summed E-state index contributed by atoms with van der Waals surface area (Å²) < 4.78 is 5.25. The lowest BCUT2D eigenvalue weighted by Gasteiger charge is -2.30. The number of rotatable bonds is 12. The second kappa shape index (κ2) is 13.7. The predicted molar refractivity (Wildman–Crippen MR) is 153 cm³/mol. The summed E-state index contributed by atoms with van der Waals surface area (Å²) in [4.78, 5) is 50.6. The van der Waals surface area contributed by atoms with Crippen LogP contribution >= 0.6 is 0 Å². The zero-order valence-electron chi connectivity index (χ0n) is 23.1. The van der Waals surface area contributed by atoms with E-state index in [0.717, 1.165) is 23.4 Å². The van der Waals surface area contributed by atoms with Crippen LogP contribution in [0.3, 0.4) is 0 Å². The van der Waals surface area contributed by atoms with E-state index in [4.69, 9.17) is 10.5 Å². The molecule has 0 unspecified atom stereocenters. The first-order valence-electron chi connectivity index (χ1n) is 13.7. The number of amides is 3. The SMILES string of the molecule is CCCC(=O)N(c1ccccc1)[C@@H]1CCN(C(=O)[C@@H](Cc2ccc(OC)cc2)NC(=O)[C@@H](N)Cc2cnc[nH]2)C1. The molecule has 0 bridgehead atoms. The van der Waals surface area contributed by atoms with E-state index in [1.54, 1.807) is 18.2 Å². The van der Waals surface area contributed by atoms with Crippen LogP contribution in [-0.2, 0) is 27.2 Å². The Bertz CT molecular complexity index is 1250. The summed E-state index contributed by atoms with van der Waals surface area (Å²) in [6.45, 7) is 2.86. The summed E-state index contributed by atoms with van der Waals surface area (Å²) in [5.41, 5.74) is 8.62. The maximum absolute atomic E-state index is 13.9. The van der Waals surface area contributed by atoms with Gasteiger partial charge in [-0.3, -0.25) is 14.4 Å². The number of para-hydroxylation sites is 1. The standard InChI is InChI=1S/C30H38N6O4/c1-3-7-28(37)36(23-8-5-4-6-9-23)24-14-15-35(19-24)30(39)27(16-21-10-12-25(40-2)13-11-21)34-29(38)26(31)17-22-18-32-20-33-22/h4-6,8-13,18,20,24,26-27H,3,7,14-17,19,31H2,1-2H3,(H,32,33)(H,34,38)/t24-,26+,27-/m1/s1. The number of methoxy groups -OCH3 is 1. The third-order valence-electron chi connectivity index (χ3n) is 7.15. The molecule has 0 saturated carbocycles. The molecule has 0 spiro atoms. The van der Waals surface area contributed by atoms with Gasteiger partial charge in [-0.2, -0.15) is 0 Å². The van der Waals surface area contributed by atoms with Crippen molar-refractivity contribution in [3.05, 3.63) is 78.4 Å². The normalized spacial score (nSPS) is 16.3. The number of ether oxygens (including phenoxy) is 1. The van der Waals surface area contributed by atoms with E-state index in [9.17, 15) is 14.4 Å². The molecule has 10 nitrogen and oxygen atoms in total. The number of hydrogen-bond donors (Lipinski definition) is 3. The van der Waals surface area contributed by atoms with Crippen molar-refractivity contribution in [2.24, 2.45) is 5.73 Å². The first-order chi connectivity index (χ1) is 19.4. The molecule has 4 N–H and O–H groups in total. The van der Waals surface area contributed by atoms with E-state index in [2.05, 4.69) is 15.3 Å². The number of anilines is 1. The van der Waals surface area contributed by atoms with Crippen molar-refractivity contribution in [3.8, 4) is 5.75 Å². The molecule has 0 radical (unpaired) electrons. The van der Waals surface area contributed by atoms with Crippen LogP contribution in [0.15, 0.2) is 67.1 Å². The molecule has 1 saturated heterocycles.